The maximum absolute atomic E-state index is 13.9. The first-order valence-corrected chi connectivity index (χ1v) is 19.2. The normalized spacial score (nSPS) is 25.2. The van der Waals surface area contributed by atoms with Gasteiger partial charge in [0.1, 0.15) is 11.6 Å². The fourth-order valence-electron chi connectivity index (χ4n) is 9.38. The molecule has 13 heteroatoms. The van der Waals surface area contributed by atoms with Crippen LogP contribution in [-0.4, -0.2) is 57.7 Å². The van der Waals surface area contributed by atoms with Crippen LogP contribution in [0.3, 0.4) is 0 Å². The molecule has 3 aliphatic carbocycles. The quantitative estimate of drug-likeness (QED) is 0.258. The molecule has 1 amide bonds. The van der Waals surface area contributed by atoms with E-state index in [1.807, 2.05) is 30.5 Å². The Hall–Kier alpha value is -4.52. The predicted octanol–water partition coefficient (Wildman–Crippen LogP) is 5.69. The van der Waals surface area contributed by atoms with Crippen molar-refractivity contribution in [1.29, 1.82) is 0 Å². The minimum absolute atomic E-state index is 0.164. The summed E-state index contributed by atoms with van der Waals surface area (Å²) in [4.78, 5) is 30.0. The van der Waals surface area contributed by atoms with Gasteiger partial charge >= 0.3 is 0 Å². The molecule has 2 spiro atoms. The molecule has 3 saturated carbocycles. The summed E-state index contributed by atoms with van der Waals surface area (Å²) in [5.74, 6) is 2.17. The Kier molecular flexibility index (Phi) is 7.07. The third kappa shape index (κ3) is 5.32. The van der Waals surface area contributed by atoms with Crippen molar-refractivity contribution in [3.8, 4) is 11.7 Å². The van der Waals surface area contributed by atoms with E-state index < -0.39 is 15.9 Å². The van der Waals surface area contributed by atoms with Gasteiger partial charge in [0.15, 0.2) is 10.8 Å². The number of hydrogen-bond acceptors (Lipinski definition) is 10. The Morgan fingerprint density at radius 2 is 1.78 bits per heavy atom. The van der Waals surface area contributed by atoms with Gasteiger partial charge in [-0.3, -0.25) is 9.78 Å². The predicted molar refractivity (Wildman–Crippen MR) is 187 cm³/mol. The summed E-state index contributed by atoms with van der Waals surface area (Å²) in [5.41, 5.74) is 1.96. The highest BCUT2D eigenvalue weighted by Gasteiger charge is 2.85. The van der Waals surface area contributed by atoms with Crippen LogP contribution in [0.5, 0.6) is 5.88 Å². The van der Waals surface area contributed by atoms with Crippen LogP contribution in [-0.2, 0) is 10.0 Å². The van der Waals surface area contributed by atoms with Crippen molar-refractivity contribution in [2.45, 2.75) is 81.8 Å². The zero-order valence-electron chi connectivity index (χ0n) is 28.4. The fraction of sp³-hybridized carbons (Fsp3) is 0.486. The molecule has 2 atom stereocenters. The molecule has 50 heavy (non-hydrogen) atoms. The molecule has 2 aliphatic heterocycles. The molecule has 9 rings (SSSR count). The van der Waals surface area contributed by atoms with Crippen molar-refractivity contribution in [1.82, 2.24) is 29.5 Å². The molecule has 1 saturated heterocycles. The van der Waals surface area contributed by atoms with Crippen LogP contribution < -0.4 is 19.7 Å². The summed E-state index contributed by atoms with van der Waals surface area (Å²) in [6.45, 7) is 5.58. The number of aromatic nitrogens is 5. The molecule has 4 bridgehead atoms. The molecule has 12 nitrogen and oxygen atoms in total. The lowest BCUT2D eigenvalue weighted by Crippen LogP contribution is -2.41. The van der Waals surface area contributed by atoms with Crippen LogP contribution >= 0.6 is 0 Å². The Morgan fingerprint density at radius 1 is 0.960 bits per heavy atom. The lowest BCUT2D eigenvalue weighted by Gasteiger charge is -2.34. The standard InChI is InChI=1S/C37H42N8O4S/c1-35(2)22-24-9-11-27(26-6-3-4-19-38-26)39-29-7-5-8-32(40-29)50(47,48)43-34(46)25-10-12-30(41-33(25)44(35)23-24)45-20-13-31(42-45)49-21-14-28-36(15-16-36)37(28)17-18-37/h3-8,10,12-13,19-20,24,27-28H,9,11,14-18,21-23H2,1-2H3,(H,39,40)(H,43,46)/t24-,27?/m0/s1. The van der Waals surface area contributed by atoms with Crippen LogP contribution in [0.4, 0.5) is 11.6 Å². The first kappa shape index (κ1) is 31.5. The third-order valence-electron chi connectivity index (χ3n) is 12.1. The van der Waals surface area contributed by atoms with Crippen LogP contribution in [0.25, 0.3) is 5.82 Å². The highest BCUT2D eigenvalue weighted by Crippen LogP contribution is 2.93. The lowest BCUT2D eigenvalue weighted by atomic mass is 9.91. The number of carbonyl (C=O) groups is 1. The first-order chi connectivity index (χ1) is 24.1. The average Bonchev–Trinajstić information content (AvgIpc) is 4.06. The van der Waals surface area contributed by atoms with Gasteiger partial charge in [0.05, 0.1) is 23.9 Å². The first-order valence-electron chi connectivity index (χ1n) is 17.8. The topological polar surface area (TPSA) is 144 Å². The van der Waals surface area contributed by atoms with E-state index in [0.29, 0.717) is 47.3 Å². The Bertz CT molecular complexity index is 2060. The van der Waals surface area contributed by atoms with Crippen molar-refractivity contribution in [3.05, 3.63) is 78.2 Å². The maximum atomic E-state index is 13.9. The third-order valence-corrected chi connectivity index (χ3v) is 13.3. The molecule has 260 valence electrons. The molecule has 4 aromatic heterocycles. The highest BCUT2D eigenvalue weighted by atomic mass is 32.2. The van der Waals surface area contributed by atoms with E-state index in [2.05, 4.69) is 43.9 Å². The number of hydrogen-bond donors (Lipinski definition) is 2. The Labute approximate surface area is 292 Å². The van der Waals surface area contributed by atoms with Crippen molar-refractivity contribution < 1.29 is 17.9 Å². The van der Waals surface area contributed by atoms with Gasteiger partial charge in [0, 0.05) is 30.5 Å². The van der Waals surface area contributed by atoms with E-state index in [1.54, 1.807) is 35.1 Å². The van der Waals surface area contributed by atoms with Gasteiger partial charge in [-0.15, -0.1) is 5.10 Å². The summed E-state index contributed by atoms with van der Waals surface area (Å²) >= 11 is 0. The number of fused-ring (bicyclic) bond motifs is 7. The lowest BCUT2D eigenvalue weighted by molar-refractivity contribution is 0.0981. The second-order valence-corrected chi connectivity index (χ2v) is 17.1. The van der Waals surface area contributed by atoms with Gasteiger partial charge in [-0.1, -0.05) is 12.1 Å². The fourth-order valence-corrected chi connectivity index (χ4v) is 10.3. The maximum Gasteiger partial charge on any atom is 0.281 e. The van der Waals surface area contributed by atoms with Crippen molar-refractivity contribution in [2.75, 3.05) is 23.4 Å². The number of nitrogens with zero attached hydrogens (tertiary/aromatic N) is 6. The smallest absolute Gasteiger partial charge is 0.281 e. The summed E-state index contributed by atoms with van der Waals surface area (Å²) in [6, 6.07) is 15.5. The Morgan fingerprint density at radius 3 is 2.54 bits per heavy atom. The van der Waals surface area contributed by atoms with Gasteiger partial charge in [0.25, 0.3) is 15.9 Å². The summed E-state index contributed by atoms with van der Waals surface area (Å²) in [7, 11) is -4.32. The highest BCUT2D eigenvalue weighted by molar-refractivity contribution is 7.90. The molecule has 0 radical (unpaired) electrons. The van der Waals surface area contributed by atoms with E-state index in [4.69, 9.17) is 9.72 Å². The molecule has 1 unspecified atom stereocenters. The number of sulfonamides is 1. The number of anilines is 2. The van der Waals surface area contributed by atoms with Crippen molar-refractivity contribution in [2.24, 2.45) is 22.7 Å². The van der Waals surface area contributed by atoms with Gasteiger partial charge in [-0.25, -0.2) is 19.4 Å². The average molecular weight is 695 g/mol. The molecular formula is C37H42N8O4S. The van der Waals surface area contributed by atoms with Gasteiger partial charge in [-0.2, -0.15) is 8.42 Å². The minimum atomic E-state index is -4.32. The van der Waals surface area contributed by atoms with Crippen LogP contribution in [0.2, 0.25) is 0 Å². The van der Waals surface area contributed by atoms with Crippen molar-refractivity contribution in [3.63, 3.8) is 0 Å². The van der Waals surface area contributed by atoms with Gasteiger partial charge in [-0.05, 0) is 124 Å². The molecular weight excluding hydrogens is 653 g/mol. The van der Waals surface area contributed by atoms with E-state index in [0.717, 1.165) is 37.3 Å². The number of carbonyl (C=O) groups excluding carboxylic acids is 1. The molecule has 4 fully saturated rings. The largest absolute Gasteiger partial charge is 0.477 e. The SMILES string of the molecule is CC1(C)C[C@@H]2CCC(c3ccccn3)Nc3cccc(n3)S(=O)(=O)NC(=O)c3ccc(-n4ccc(OCCC5C6(CC6)C56CC6)n4)nc3N1C2. The van der Waals surface area contributed by atoms with Crippen molar-refractivity contribution >= 4 is 27.6 Å². The minimum Gasteiger partial charge on any atom is -0.477 e. The number of amides is 1. The van der Waals surface area contributed by atoms with Crippen LogP contribution in [0.1, 0.15) is 87.3 Å². The number of pyridine rings is 3. The summed E-state index contributed by atoms with van der Waals surface area (Å²) in [6.07, 6.45) is 12.7. The van der Waals surface area contributed by atoms with Crippen LogP contribution in [0, 0.1) is 22.7 Å². The van der Waals surface area contributed by atoms with Gasteiger partial charge in [0.2, 0.25) is 5.88 Å². The number of ether oxygens (including phenoxy) is 1. The van der Waals surface area contributed by atoms with E-state index in [9.17, 15) is 13.2 Å². The Balaban J connectivity index is 1.02. The van der Waals surface area contributed by atoms with E-state index >= 15 is 0 Å². The molecule has 6 heterocycles. The second kappa shape index (κ2) is 11.2. The molecule has 0 aromatic carbocycles. The van der Waals surface area contributed by atoms with Crippen LogP contribution in [0.15, 0.2) is 72.0 Å². The molecule has 2 N–H and O–H groups in total. The summed E-state index contributed by atoms with van der Waals surface area (Å²) in [5, 5.41) is 7.83. The number of nitrogens with one attached hydrogen (secondary N) is 2. The number of rotatable bonds is 6. The van der Waals surface area contributed by atoms with Gasteiger partial charge < -0.3 is 15.0 Å². The zero-order valence-corrected chi connectivity index (χ0v) is 29.2. The monoisotopic (exact) mass is 694 g/mol. The zero-order chi connectivity index (χ0) is 34.3. The second-order valence-electron chi connectivity index (χ2n) is 15.5. The molecule has 5 aliphatic rings. The van der Waals surface area contributed by atoms with E-state index in [1.165, 1.54) is 31.7 Å². The summed E-state index contributed by atoms with van der Waals surface area (Å²) < 4.78 is 37.2. The molecule has 4 aromatic rings. The van der Waals surface area contributed by atoms with E-state index in [-0.39, 0.29) is 28.1 Å².